The molecule has 0 aliphatic carbocycles. The van der Waals surface area contributed by atoms with E-state index in [1.807, 2.05) is 52.0 Å². The van der Waals surface area contributed by atoms with Crippen LogP contribution in [0.15, 0.2) is 87.1 Å². The van der Waals surface area contributed by atoms with Crippen LogP contribution in [0.4, 0.5) is 11.4 Å². The molecule has 2 aliphatic heterocycles. The topological polar surface area (TPSA) is 171 Å². The summed E-state index contributed by atoms with van der Waals surface area (Å²) in [6.45, 7) is 15.2. The van der Waals surface area contributed by atoms with Gasteiger partial charge in [0.05, 0.1) is 22.4 Å². The van der Waals surface area contributed by atoms with Gasteiger partial charge in [-0.15, -0.1) is 4.33 Å². The van der Waals surface area contributed by atoms with Crippen molar-refractivity contribution in [1.29, 1.82) is 0 Å². The molecular weight excluding hydrogens is 777 g/mol. The van der Waals surface area contributed by atoms with Crippen LogP contribution in [0, 0.1) is 6.92 Å². The highest BCUT2D eigenvalue weighted by atomic mass is 32.2. The average molecular weight is 824 g/mol. The summed E-state index contributed by atoms with van der Waals surface area (Å²) in [5.74, 6) is 0.177. The molecule has 4 aromatic carbocycles. The van der Waals surface area contributed by atoms with E-state index in [0.717, 1.165) is 93.5 Å². The van der Waals surface area contributed by atoms with Crippen LogP contribution >= 0.6 is 12.0 Å². The number of aryl methyl sites for hydroxylation is 1. The molecule has 0 saturated heterocycles. The first-order chi connectivity index (χ1) is 26.2. The van der Waals surface area contributed by atoms with E-state index in [4.69, 9.17) is 9.59 Å². The number of allylic oxidation sites excluding steroid dienone is 4. The van der Waals surface area contributed by atoms with Crippen LogP contribution in [0.1, 0.15) is 83.9 Å². The maximum absolute atomic E-state index is 12.5. The highest BCUT2D eigenvalue weighted by Gasteiger charge is 2.46. The number of benzene rings is 4. The van der Waals surface area contributed by atoms with Crippen molar-refractivity contribution in [1.82, 2.24) is 0 Å². The fourth-order valence-corrected chi connectivity index (χ4v) is 10.4. The minimum atomic E-state index is -4.86. The van der Waals surface area contributed by atoms with Crippen molar-refractivity contribution in [3.8, 4) is 0 Å². The van der Waals surface area contributed by atoms with E-state index in [1.54, 1.807) is 19.1 Å². The summed E-state index contributed by atoms with van der Waals surface area (Å²) in [4.78, 5) is 13.5. The number of fused-ring (bicyclic) bond motifs is 6. The predicted molar refractivity (Wildman–Crippen MR) is 218 cm³/mol. The second kappa shape index (κ2) is 15.4. The molecule has 6 rings (SSSR count). The third-order valence-electron chi connectivity index (χ3n) is 11.0. The first kappa shape index (κ1) is 41.7. The largest absolute Gasteiger partial charge is 0.344 e. The Morgan fingerprint density at radius 2 is 1.57 bits per heavy atom. The number of unbranched alkanes of at least 4 members (excludes halogenated alkanes) is 2. The molecule has 0 unspecified atom stereocenters. The first-order valence-corrected chi connectivity index (χ1v) is 21.9. The van der Waals surface area contributed by atoms with Crippen molar-refractivity contribution in [2.45, 2.75) is 99.7 Å². The van der Waals surface area contributed by atoms with Gasteiger partial charge < -0.3 is 9.69 Å². The minimum Gasteiger partial charge on any atom is -0.344 e. The molecule has 4 aromatic rings. The van der Waals surface area contributed by atoms with Crippen molar-refractivity contribution in [3.63, 3.8) is 0 Å². The zero-order valence-electron chi connectivity index (χ0n) is 32.4. The zero-order chi connectivity index (χ0) is 41.0. The molecule has 15 heteroatoms. The molecule has 0 aromatic heterocycles. The summed E-state index contributed by atoms with van der Waals surface area (Å²) in [5.41, 5.74) is 5.35. The number of nitrogens with zero attached hydrogens (tertiary/aromatic N) is 2. The summed E-state index contributed by atoms with van der Waals surface area (Å²) in [6.07, 6.45) is 9.26. The van der Waals surface area contributed by atoms with E-state index >= 15 is 0 Å². The molecular formula is C41H47N2O10S3+. The number of Topliss-reactive ketones (excluding diaryl/α,β-unsaturated/α-hetero) is 1. The molecule has 12 nitrogen and oxygen atoms in total. The Labute approximate surface area is 332 Å². The van der Waals surface area contributed by atoms with E-state index < -0.39 is 40.9 Å². The number of rotatable bonds is 14. The van der Waals surface area contributed by atoms with Crippen molar-refractivity contribution in [2.24, 2.45) is 0 Å². The van der Waals surface area contributed by atoms with Crippen LogP contribution in [0.2, 0.25) is 0 Å². The van der Waals surface area contributed by atoms with Crippen molar-refractivity contribution in [3.05, 3.63) is 89.1 Å². The average Bonchev–Trinajstić information content (AvgIpc) is 3.47. The Morgan fingerprint density at radius 3 is 2.21 bits per heavy atom. The fraction of sp³-hybridized carbons (Fsp3) is 0.366. The highest BCUT2D eigenvalue weighted by Crippen LogP contribution is 2.52. The molecule has 0 amide bonds. The van der Waals surface area contributed by atoms with Crippen molar-refractivity contribution >= 4 is 76.7 Å². The van der Waals surface area contributed by atoms with Gasteiger partial charge in [-0.3, -0.25) is 9.11 Å². The maximum atomic E-state index is 12.5. The van der Waals surface area contributed by atoms with Gasteiger partial charge in [-0.1, -0.05) is 37.4 Å². The zero-order valence-corrected chi connectivity index (χ0v) is 34.9. The van der Waals surface area contributed by atoms with Crippen LogP contribution in [-0.4, -0.2) is 60.4 Å². The lowest BCUT2D eigenvalue weighted by atomic mass is 9.78. The van der Waals surface area contributed by atoms with Gasteiger partial charge >= 0.3 is 0 Å². The Balaban J connectivity index is 1.47. The van der Waals surface area contributed by atoms with E-state index in [9.17, 15) is 30.7 Å². The molecule has 56 heavy (non-hydrogen) atoms. The number of hydrogen-bond donors (Lipinski definition) is 3. The first-order valence-electron chi connectivity index (χ1n) is 18.3. The summed E-state index contributed by atoms with van der Waals surface area (Å²) in [6, 6.07) is 13.6. The molecule has 0 radical (unpaired) electrons. The summed E-state index contributed by atoms with van der Waals surface area (Å²) in [5, 5.41) is 15.3. The Morgan fingerprint density at radius 1 is 0.875 bits per heavy atom. The van der Waals surface area contributed by atoms with Crippen LogP contribution in [-0.2, 0) is 45.2 Å². The van der Waals surface area contributed by atoms with Gasteiger partial charge in [0.2, 0.25) is 5.69 Å². The van der Waals surface area contributed by atoms with E-state index in [1.165, 1.54) is 6.07 Å². The second-order valence-electron chi connectivity index (χ2n) is 15.4. The SMILES string of the molecule is CC[N+]1=C(/C=C/C=C2/N(CCCCCC(C)=O)c3ccc4c(C)cc(SOOO)cc4c3C2(C)C)C(C)(C)c2c1ccc1c(S(=O)(=O)O)cc(S(=O)(=O)O)cc21. The lowest BCUT2D eigenvalue weighted by Gasteiger charge is -2.27. The molecule has 2 aliphatic rings. The molecule has 0 fully saturated rings. The van der Waals surface area contributed by atoms with Gasteiger partial charge in [0.1, 0.15) is 17.2 Å². The number of carbonyl (C=O) groups excluding carboxylic acids is 1. The van der Waals surface area contributed by atoms with Crippen LogP contribution in [0.3, 0.4) is 0 Å². The molecule has 3 N–H and O–H groups in total. The van der Waals surface area contributed by atoms with Gasteiger partial charge in [0, 0.05) is 57.8 Å². The van der Waals surface area contributed by atoms with Gasteiger partial charge in [0.15, 0.2) is 5.71 Å². The van der Waals surface area contributed by atoms with E-state index in [2.05, 4.69) is 46.6 Å². The third kappa shape index (κ3) is 7.59. The van der Waals surface area contributed by atoms with Gasteiger partial charge in [0.25, 0.3) is 20.2 Å². The minimum absolute atomic E-state index is 0.138. The summed E-state index contributed by atoms with van der Waals surface area (Å²) >= 11 is 0.917. The third-order valence-corrected chi connectivity index (χ3v) is 13.3. The van der Waals surface area contributed by atoms with E-state index in [-0.39, 0.29) is 16.6 Å². The molecule has 0 saturated carbocycles. The number of anilines is 1. The molecule has 2 heterocycles. The lowest BCUT2D eigenvalue weighted by molar-refractivity contribution is -0.433. The maximum Gasteiger partial charge on any atom is 0.295 e. The number of ketones is 1. The summed E-state index contributed by atoms with van der Waals surface area (Å²) in [7, 11) is -9.68. The number of carbonyl (C=O) groups is 1. The summed E-state index contributed by atoms with van der Waals surface area (Å²) < 4.78 is 76.5. The normalized spacial score (nSPS) is 17.2. The lowest BCUT2D eigenvalue weighted by Crippen LogP contribution is -2.28. The highest BCUT2D eigenvalue weighted by molar-refractivity contribution is 7.94. The Kier molecular flexibility index (Phi) is 11.5. The standard InChI is InChI=1S/C41H46N2O10S3/c1-8-42-33-19-17-30-32(23-28(55(46,47)48)24-35(30)56(49,50)51)39(33)40(4,5)36(42)14-12-15-37-41(6,7)38-31-22-27(54-53-52-45)21-25(2)29(31)16-18-34(38)43(37)20-11-9-10-13-26(3)44/h12,14-19,21-24H,8-11,13,20H2,1-7H3,(H2-,45,46,47,48,49,50,51)/p+1. The van der Waals surface area contributed by atoms with Crippen molar-refractivity contribution in [2.75, 3.05) is 18.0 Å². The molecule has 0 atom stereocenters. The fourth-order valence-electron chi connectivity index (χ4n) is 8.59. The van der Waals surface area contributed by atoms with Gasteiger partial charge in [-0.05, 0) is 117 Å². The molecule has 298 valence electrons. The molecule has 0 bridgehead atoms. The van der Waals surface area contributed by atoms with E-state index in [0.29, 0.717) is 18.5 Å². The smallest absolute Gasteiger partial charge is 0.295 e. The second-order valence-corrected chi connectivity index (χ2v) is 19.0. The van der Waals surface area contributed by atoms with Crippen LogP contribution in [0.5, 0.6) is 0 Å². The van der Waals surface area contributed by atoms with Crippen LogP contribution in [0.25, 0.3) is 21.5 Å². The predicted octanol–water partition coefficient (Wildman–Crippen LogP) is 9.01. The van der Waals surface area contributed by atoms with Gasteiger partial charge in [-0.25, -0.2) is 5.26 Å². The number of hydrogen-bond acceptors (Lipinski definition) is 10. The monoisotopic (exact) mass is 823 g/mol. The Bertz CT molecular complexity index is 2590. The van der Waals surface area contributed by atoms with Crippen molar-refractivity contribution < 1.29 is 49.9 Å². The van der Waals surface area contributed by atoms with Gasteiger partial charge in [-0.2, -0.15) is 21.4 Å². The Hall–Kier alpha value is -3.93. The molecule has 0 spiro atoms. The van der Waals surface area contributed by atoms with Crippen LogP contribution < -0.4 is 4.90 Å². The quantitative estimate of drug-likeness (QED) is 0.0276.